The van der Waals surface area contributed by atoms with Crippen molar-refractivity contribution >= 4 is 11.6 Å². The van der Waals surface area contributed by atoms with Gasteiger partial charge in [0.1, 0.15) is 0 Å². The molecule has 0 unspecified atom stereocenters. The number of rotatable bonds is 5. The van der Waals surface area contributed by atoms with Crippen LogP contribution in [0, 0.1) is 0 Å². The Morgan fingerprint density at radius 2 is 2.12 bits per heavy atom. The van der Waals surface area contributed by atoms with Gasteiger partial charge in [-0.3, -0.25) is 4.79 Å². The topological polar surface area (TPSA) is 41.1 Å². The maximum absolute atomic E-state index is 11.4. The first kappa shape index (κ1) is 12.5. The molecule has 0 saturated heterocycles. The molecular formula is C13H18N2O. The zero-order valence-corrected chi connectivity index (χ0v) is 9.79. The SMILES string of the molecule is C/C=C/C(=O)Nc1ccccc1CNCC. The summed E-state index contributed by atoms with van der Waals surface area (Å²) in [7, 11) is 0. The van der Waals surface area contributed by atoms with Gasteiger partial charge >= 0.3 is 0 Å². The largest absolute Gasteiger partial charge is 0.322 e. The third kappa shape index (κ3) is 3.87. The highest BCUT2D eigenvalue weighted by Crippen LogP contribution is 2.14. The molecule has 0 spiro atoms. The van der Waals surface area contributed by atoms with E-state index in [1.54, 1.807) is 6.08 Å². The fraction of sp³-hybridized carbons (Fsp3) is 0.308. The van der Waals surface area contributed by atoms with Crippen molar-refractivity contribution < 1.29 is 4.79 Å². The van der Waals surface area contributed by atoms with Crippen molar-refractivity contribution in [3.05, 3.63) is 42.0 Å². The molecule has 0 saturated carbocycles. The molecule has 86 valence electrons. The minimum absolute atomic E-state index is 0.0913. The molecule has 16 heavy (non-hydrogen) atoms. The van der Waals surface area contributed by atoms with Gasteiger partial charge in [0.25, 0.3) is 0 Å². The van der Waals surface area contributed by atoms with E-state index in [0.29, 0.717) is 0 Å². The van der Waals surface area contributed by atoms with Gasteiger partial charge in [0.2, 0.25) is 5.91 Å². The smallest absolute Gasteiger partial charge is 0.248 e. The van der Waals surface area contributed by atoms with Gasteiger partial charge in [-0.1, -0.05) is 31.2 Å². The number of carbonyl (C=O) groups excluding carboxylic acids is 1. The van der Waals surface area contributed by atoms with E-state index in [1.807, 2.05) is 31.2 Å². The molecule has 0 bridgehead atoms. The van der Waals surface area contributed by atoms with Crippen molar-refractivity contribution in [3.63, 3.8) is 0 Å². The first-order chi connectivity index (χ1) is 7.77. The summed E-state index contributed by atoms with van der Waals surface area (Å²) in [5, 5.41) is 6.10. The lowest BCUT2D eigenvalue weighted by Crippen LogP contribution is -2.15. The molecule has 0 aliphatic heterocycles. The molecule has 0 aliphatic rings. The molecule has 0 aliphatic carbocycles. The van der Waals surface area contributed by atoms with E-state index in [9.17, 15) is 4.79 Å². The molecule has 1 rings (SSSR count). The molecule has 1 aromatic rings. The summed E-state index contributed by atoms with van der Waals surface area (Å²) in [5.41, 5.74) is 1.97. The summed E-state index contributed by atoms with van der Waals surface area (Å²) in [6, 6.07) is 7.81. The van der Waals surface area contributed by atoms with Crippen LogP contribution in [0.15, 0.2) is 36.4 Å². The normalized spacial score (nSPS) is 10.6. The monoisotopic (exact) mass is 218 g/mol. The summed E-state index contributed by atoms with van der Waals surface area (Å²) in [5.74, 6) is -0.0913. The van der Waals surface area contributed by atoms with Gasteiger partial charge in [-0.05, 0) is 31.2 Å². The van der Waals surface area contributed by atoms with E-state index in [4.69, 9.17) is 0 Å². The number of para-hydroxylation sites is 1. The van der Waals surface area contributed by atoms with Gasteiger partial charge in [-0.2, -0.15) is 0 Å². The number of hydrogen-bond acceptors (Lipinski definition) is 2. The van der Waals surface area contributed by atoms with Crippen molar-refractivity contribution in [2.24, 2.45) is 0 Å². The molecule has 1 aromatic carbocycles. The molecular weight excluding hydrogens is 200 g/mol. The van der Waals surface area contributed by atoms with Crippen LogP contribution < -0.4 is 10.6 Å². The van der Waals surface area contributed by atoms with E-state index in [-0.39, 0.29) is 5.91 Å². The van der Waals surface area contributed by atoms with Gasteiger partial charge in [0.15, 0.2) is 0 Å². The second-order valence-electron chi connectivity index (χ2n) is 3.43. The Labute approximate surface area is 96.6 Å². The average Bonchev–Trinajstić information content (AvgIpc) is 2.28. The zero-order chi connectivity index (χ0) is 11.8. The quantitative estimate of drug-likeness (QED) is 0.745. The lowest BCUT2D eigenvalue weighted by Gasteiger charge is -2.09. The van der Waals surface area contributed by atoms with Gasteiger partial charge in [-0.15, -0.1) is 0 Å². The Kier molecular flexibility index (Phi) is 5.29. The highest BCUT2D eigenvalue weighted by atomic mass is 16.1. The molecule has 1 amide bonds. The lowest BCUT2D eigenvalue weighted by atomic mass is 10.1. The maximum atomic E-state index is 11.4. The van der Waals surface area contributed by atoms with Crippen molar-refractivity contribution in [1.82, 2.24) is 5.32 Å². The minimum Gasteiger partial charge on any atom is -0.322 e. The number of carbonyl (C=O) groups is 1. The molecule has 3 nitrogen and oxygen atoms in total. The first-order valence-electron chi connectivity index (χ1n) is 5.50. The van der Waals surface area contributed by atoms with Crippen molar-refractivity contribution in [3.8, 4) is 0 Å². The number of allylic oxidation sites excluding steroid dienone is 1. The second-order valence-corrected chi connectivity index (χ2v) is 3.43. The predicted octanol–water partition coefficient (Wildman–Crippen LogP) is 2.31. The van der Waals surface area contributed by atoms with Crippen LogP contribution in [0.3, 0.4) is 0 Å². The number of benzene rings is 1. The molecule has 0 radical (unpaired) electrons. The molecule has 2 N–H and O–H groups in total. The third-order valence-corrected chi connectivity index (χ3v) is 2.16. The van der Waals surface area contributed by atoms with E-state index < -0.39 is 0 Å². The van der Waals surface area contributed by atoms with Gasteiger partial charge in [-0.25, -0.2) is 0 Å². The van der Waals surface area contributed by atoms with Crippen LogP contribution in [0.25, 0.3) is 0 Å². The zero-order valence-electron chi connectivity index (χ0n) is 9.79. The fourth-order valence-electron chi connectivity index (χ4n) is 1.38. The van der Waals surface area contributed by atoms with Crippen molar-refractivity contribution in [2.45, 2.75) is 20.4 Å². The summed E-state index contributed by atoms with van der Waals surface area (Å²) >= 11 is 0. The highest BCUT2D eigenvalue weighted by Gasteiger charge is 2.02. The predicted molar refractivity (Wildman–Crippen MR) is 67.3 cm³/mol. The Morgan fingerprint density at radius 1 is 1.38 bits per heavy atom. The number of amides is 1. The van der Waals surface area contributed by atoms with E-state index in [2.05, 4.69) is 17.6 Å². The Bertz CT molecular complexity index is 372. The number of hydrogen-bond donors (Lipinski definition) is 2. The Balaban J connectivity index is 2.74. The summed E-state index contributed by atoms with van der Waals surface area (Å²) in [6.07, 6.45) is 3.24. The fourth-order valence-corrected chi connectivity index (χ4v) is 1.38. The summed E-state index contributed by atoms with van der Waals surface area (Å²) in [6.45, 7) is 5.56. The number of nitrogens with one attached hydrogen (secondary N) is 2. The molecule has 0 fully saturated rings. The van der Waals surface area contributed by atoms with Gasteiger partial charge in [0, 0.05) is 12.2 Å². The van der Waals surface area contributed by atoms with E-state index in [1.165, 1.54) is 6.08 Å². The Hall–Kier alpha value is -1.61. The highest BCUT2D eigenvalue weighted by molar-refractivity contribution is 5.99. The van der Waals surface area contributed by atoms with Crippen LogP contribution >= 0.6 is 0 Å². The summed E-state index contributed by atoms with van der Waals surface area (Å²) < 4.78 is 0. The third-order valence-electron chi connectivity index (χ3n) is 2.16. The van der Waals surface area contributed by atoms with Crippen molar-refractivity contribution in [1.29, 1.82) is 0 Å². The summed E-state index contributed by atoms with van der Waals surface area (Å²) in [4.78, 5) is 11.4. The van der Waals surface area contributed by atoms with Crippen LogP contribution in [-0.2, 0) is 11.3 Å². The van der Waals surface area contributed by atoms with Crippen LogP contribution in [0.1, 0.15) is 19.4 Å². The number of anilines is 1. The molecule has 0 atom stereocenters. The average molecular weight is 218 g/mol. The Morgan fingerprint density at radius 3 is 2.81 bits per heavy atom. The minimum atomic E-state index is -0.0913. The molecule has 0 aromatic heterocycles. The van der Waals surface area contributed by atoms with E-state index >= 15 is 0 Å². The van der Waals surface area contributed by atoms with Crippen LogP contribution in [0.4, 0.5) is 5.69 Å². The van der Waals surface area contributed by atoms with E-state index in [0.717, 1.165) is 24.3 Å². The van der Waals surface area contributed by atoms with Gasteiger partial charge in [0.05, 0.1) is 0 Å². The molecule has 3 heteroatoms. The van der Waals surface area contributed by atoms with Gasteiger partial charge < -0.3 is 10.6 Å². The second kappa shape index (κ2) is 6.80. The van der Waals surface area contributed by atoms with Crippen LogP contribution in [-0.4, -0.2) is 12.5 Å². The van der Waals surface area contributed by atoms with Crippen LogP contribution in [0.2, 0.25) is 0 Å². The van der Waals surface area contributed by atoms with Crippen molar-refractivity contribution in [2.75, 3.05) is 11.9 Å². The molecule has 0 heterocycles. The first-order valence-corrected chi connectivity index (χ1v) is 5.50. The standard InChI is InChI=1S/C13H18N2O/c1-3-7-13(16)15-12-9-6-5-8-11(12)10-14-4-2/h3,5-9,14H,4,10H2,1-2H3,(H,15,16)/b7-3+. The maximum Gasteiger partial charge on any atom is 0.248 e. The lowest BCUT2D eigenvalue weighted by molar-refractivity contribution is -0.111. The van der Waals surface area contributed by atoms with Crippen LogP contribution in [0.5, 0.6) is 0 Å².